The van der Waals surface area contributed by atoms with Gasteiger partial charge in [-0.2, -0.15) is 5.26 Å². The van der Waals surface area contributed by atoms with Gasteiger partial charge in [-0.1, -0.05) is 26.0 Å². The average Bonchev–Trinajstić information content (AvgIpc) is 2.34. The molecule has 1 aromatic rings. The zero-order chi connectivity index (χ0) is 13.5. The van der Waals surface area contributed by atoms with Crippen molar-refractivity contribution in [2.24, 2.45) is 0 Å². The summed E-state index contributed by atoms with van der Waals surface area (Å²) in [6, 6.07) is 10.5. The molecule has 0 aliphatic rings. The Balaban J connectivity index is 2.55. The molecular weight excluding hydrogens is 224 g/mol. The number of likely N-dealkylation sites (N-methyl/N-ethyl adjacent to an activating group) is 1. The lowest BCUT2D eigenvalue weighted by atomic mass is 10.0. The predicted octanol–water partition coefficient (Wildman–Crippen LogP) is 3.03. The molecule has 0 saturated heterocycles. The molecule has 0 aromatic heterocycles. The molecule has 0 N–H and O–H groups in total. The van der Waals surface area contributed by atoms with Crippen molar-refractivity contribution in [3.63, 3.8) is 0 Å². The molecule has 0 bridgehead atoms. The summed E-state index contributed by atoms with van der Waals surface area (Å²) >= 11 is 0. The first kappa shape index (κ1) is 14.5. The molecule has 1 unspecified atom stereocenters. The van der Waals surface area contributed by atoms with Crippen molar-refractivity contribution in [2.45, 2.75) is 32.2 Å². The number of rotatable bonds is 6. The lowest BCUT2D eigenvalue weighted by Gasteiger charge is -2.22. The van der Waals surface area contributed by atoms with E-state index in [9.17, 15) is 0 Å². The van der Waals surface area contributed by atoms with Gasteiger partial charge in [0.2, 0.25) is 0 Å². The molecule has 3 nitrogen and oxygen atoms in total. The highest BCUT2D eigenvalue weighted by molar-refractivity contribution is 5.28. The summed E-state index contributed by atoms with van der Waals surface area (Å²) in [7, 11) is 3.93. The van der Waals surface area contributed by atoms with Crippen LogP contribution in [-0.2, 0) is 0 Å². The fourth-order valence-corrected chi connectivity index (χ4v) is 1.64. The SMILES string of the molecule is CC(C)c1ccc(OCC(CC#N)N(C)C)cc1. The predicted molar refractivity (Wildman–Crippen MR) is 73.7 cm³/mol. The first-order chi connectivity index (χ1) is 8.54. The van der Waals surface area contributed by atoms with E-state index in [1.54, 1.807) is 0 Å². The number of nitrogens with zero attached hydrogens (tertiary/aromatic N) is 2. The van der Waals surface area contributed by atoms with E-state index in [4.69, 9.17) is 10.00 Å². The first-order valence-electron chi connectivity index (χ1n) is 6.30. The van der Waals surface area contributed by atoms with Crippen LogP contribution in [0.5, 0.6) is 5.75 Å². The molecule has 0 saturated carbocycles. The topological polar surface area (TPSA) is 36.3 Å². The van der Waals surface area contributed by atoms with E-state index in [0.29, 0.717) is 18.9 Å². The molecule has 1 rings (SSSR count). The maximum atomic E-state index is 8.75. The number of hydrogen-bond donors (Lipinski definition) is 0. The molecule has 0 aliphatic carbocycles. The Kier molecular flexibility index (Phi) is 5.67. The van der Waals surface area contributed by atoms with Gasteiger partial charge < -0.3 is 9.64 Å². The minimum absolute atomic E-state index is 0.139. The van der Waals surface area contributed by atoms with Crippen molar-refractivity contribution >= 4 is 0 Å². The van der Waals surface area contributed by atoms with Crippen LogP contribution >= 0.6 is 0 Å². The van der Waals surface area contributed by atoms with Gasteiger partial charge in [0.15, 0.2) is 0 Å². The van der Waals surface area contributed by atoms with Crippen molar-refractivity contribution in [1.82, 2.24) is 4.90 Å². The van der Waals surface area contributed by atoms with Crippen LogP contribution in [-0.4, -0.2) is 31.6 Å². The highest BCUT2D eigenvalue weighted by Gasteiger charge is 2.11. The Labute approximate surface area is 110 Å². The monoisotopic (exact) mass is 246 g/mol. The van der Waals surface area contributed by atoms with E-state index in [0.717, 1.165) is 5.75 Å². The zero-order valence-electron chi connectivity index (χ0n) is 11.7. The average molecular weight is 246 g/mol. The van der Waals surface area contributed by atoms with Gasteiger partial charge in [0.05, 0.1) is 18.5 Å². The van der Waals surface area contributed by atoms with E-state index in [1.807, 2.05) is 31.1 Å². The van der Waals surface area contributed by atoms with Gasteiger partial charge in [-0.15, -0.1) is 0 Å². The smallest absolute Gasteiger partial charge is 0.119 e. The Morgan fingerprint density at radius 2 is 1.83 bits per heavy atom. The quantitative estimate of drug-likeness (QED) is 0.774. The molecule has 0 amide bonds. The van der Waals surface area contributed by atoms with Gasteiger partial charge in [0.1, 0.15) is 12.4 Å². The molecule has 3 heteroatoms. The summed E-state index contributed by atoms with van der Waals surface area (Å²) in [5.74, 6) is 1.40. The third-order valence-corrected chi connectivity index (χ3v) is 3.05. The number of hydrogen-bond acceptors (Lipinski definition) is 3. The van der Waals surface area contributed by atoms with Crippen molar-refractivity contribution in [1.29, 1.82) is 5.26 Å². The summed E-state index contributed by atoms with van der Waals surface area (Å²) in [6.07, 6.45) is 0.483. The van der Waals surface area contributed by atoms with E-state index < -0.39 is 0 Å². The van der Waals surface area contributed by atoms with Crippen LogP contribution in [0.25, 0.3) is 0 Å². The Morgan fingerprint density at radius 1 is 1.22 bits per heavy atom. The van der Waals surface area contributed by atoms with E-state index >= 15 is 0 Å². The molecule has 0 radical (unpaired) electrons. The molecule has 0 spiro atoms. The van der Waals surface area contributed by atoms with Crippen LogP contribution in [0.4, 0.5) is 0 Å². The summed E-state index contributed by atoms with van der Waals surface area (Å²) in [4.78, 5) is 2.02. The maximum absolute atomic E-state index is 8.75. The molecule has 0 fully saturated rings. The van der Waals surface area contributed by atoms with Crippen molar-refractivity contribution in [3.05, 3.63) is 29.8 Å². The zero-order valence-corrected chi connectivity index (χ0v) is 11.7. The van der Waals surface area contributed by atoms with Crippen molar-refractivity contribution in [3.8, 4) is 11.8 Å². The molecule has 0 heterocycles. The summed E-state index contributed by atoms with van der Waals surface area (Å²) in [6.45, 7) is 4.89. The Hall–Kier alpha value is -1.53. The van der Waals surface area contributed by atoms with Gasteiger partial charge in [-0.3, -0.25) is 0 Å². The lowest BCUT2D eigenvalue weighted by Crippen LogP contribution is -2.33. The van der Waals surface area contributed by atoms with Crippen LogP contribution in [0, 0.1) is 11.3 Å². The third kappa shape index (κ3) is 4.38. The second-order valence-corrected chi connectivity index (χ2v) is 5.01. The van der Waals surface area contributed by atoms with Gasteiger partial charge in [0.25, 0.3) is 0 Å². The maximum Gasteiger partial charge on any atom is 0.119 e. The van der Waals surface area contributed by atoms with Gasteiger partial charge in [-0.25, -0.2) is 0 Å². The van der Waals surface area contributed by atoms with Crippen LogP contribution in [0.2, 0.25) is 0 Å². The number of nitriles is 1. The second-order valence-electron chi connectivity index (χ2n) is 5.01. The van der Waals surface area contributed by atoms with Crippen LogP contribution < -0.4 is 4.74 Å². The van der Waals surface area contributed by atoms with E-state index in [2.05, 4.69) is 32.0 Å². The molecule has 0 aliphatic heterocycles. The molecule has 18 heavy (non-hydrogen) atoms. The van der Waals surface area contributed by atoms with Gasteiger partial charge in [0, 0.05) is 0 Å². The van der Waals surface area contributed by atoms with Gasteiger partial charge in [-0.05, 0) is 37.7 Å². The standard InChI is InChI=1S/C15H22N2O/c1-12(2)13-5-7-15(8-6-13)18-11-14(9-10-16)17(3)4/h5-8,12,14H,9,11H2,1-4H3. The van der Waals surface area contributed by atoms with Crippen LogP contribution in [0.3, 0.4) is 0 Å². The van der Waals surface area contributed by atoms with E-state index in [1.165, 1.54) is 5.56 Å². The van der Waals surface area contributed by atoms with Crippen LogP contribution in [0.15, 0.2) is 24.3 Å². The minimum Gasteiger partial charge on any atom is -0.492 e. The van der Waals surface area contributed by atoms with Crippen LogP contribution in [0.1, 0.15) is 31.7 Å². The fourth-order valence-electron chi connectivity index (χ4n) is 1.64. The molecule has 98 valence electrons. The second kappa shape index (κ2) is 7.03. The summed E-state index contributed by atoms with van der Waals surface area (Å²) in [5, 5.41) is 8.75. The number of ether oxygens (including phenoxy) is 1. The lowest BCUT2D eigenvalue weighted by molar-refractivity contribution is 0.188. The summed E-state index contributed by atoms with van der Waals surface area (Å²) < 4.78 is 5.72. The van der Waals surface area contributed by atoms with Crippen molar-refractivity contribution in [2.75, 3.05) is 20.7 Å². The Bertz CT molecular complexity index is 390. The molecular formula is C15H22N2O. The highest BCUT2D eigenvalue weighted by atomic mass is 16.5. The van der Waals surface area contributed by atoms with Crippen molar-refractivity contribution < 1.29 is 4.74 Å². The van der Waals surface area contributed by atoms with Gasteiger partial charge >= 0.3 is 0 Å². The van der Waals surface area contributed by atoms with E-state index in [-0.39, 0.29) is 6.04 Å². The largest absolute Gasteiger partial charge is 0.492 e. The molecule has 1 aromatic carbocycles. The fraction of sp³-hybridized carbons (Fsp3) is 0.533. The third-order valence-electron chi connectivity index (χ3n) is 3.05. The normalized spacial score (nSPS) is 12.5. The Morgan fingerprint density at radius 3 is 2.28 bits per heavy atom. The highest BCUT2D eigenvalue weighted by Crippen LogP contribution is 2.19. The summed E-state index contributed by atoms with van der Waals surface area (Å²) in [5.41, 5.74) is 1.31. The minimum atomic E-state index is 0.139. The first-order valence-corrected chi connectivity index (χ1v) is 6.30. The number of benzene rings is 1. The molecule has 1 atom stereocenters.